The van der Waals surface area contributed by atoms with Crippen molar-refractivity contribution in [2.24, 2.45) is 0 Å². The third kappa shape index (κ3) is 2.07. The summed E-state index contributed by atoms with van der Waals surface area (Å²) in [4.78, 5) is 11.0. The molecule has 0 aliphatic carbocycles. The van der Waals surface area contributed by atoms with Crippen LogP contribution in [0.1, 0.15) is 10.4 Å². The van der Waals surface area contributed by atoms with Crippen LogP contribution in [0.15, 0.2) is 42.5 Å². The molecule has 92 valence electrons. The van der Waals surface area contributed by atoms with Crippen molar-refractivity contribution in [3.05, 3.63) is 48.0 Å². The zero-order valence-electron chi connectivity index (χ0n) is 10.3. The molecule has 0 unspecified atom stereocenters. The molecular weight excluding hydrogens is 228 g/mol. The lowest BCUT2D eigenvalue weighted by atomic mass is 10.0. The summed E-state index contributed by atoms with van der Waals surface area (Å²) in [7, 11) is 3.18. The van der Waals surface area contributed by atoms with Gasteiger partial charge in [0.05, 0.1) is 19.8 Å². The minimum Gasteiger partial charge on any atom is -0.496 e. The second-order valence-corrected chi connectivity index (χ2v) is 3.75. The van der Waals surface area contributed by atoms with Gasteiger partial charge in [0, 0.05) is 11.1 Å². The van der Waals surface area contributed by atoms with Crippen molar-refractivity contribution in [3.63, 3.8) is 0 Å². The van der Waals surface area contributed by atoms with E-state index in [-0.39, 0.29) is 0 Å². The van der Waals surface area contributed by atoms with Crippen LogP contribution in [0.3, 0.4) is 0 Å². The number of carbonyl (C=O) groups excluding carboxylic acids is 1. The minimum atomic E-state index is 0.529. The molecule has 0 bridgehead atoms. The molecule has 0 fully saturated rings. The lowest BCUT2D eigenvalue weighted by molar-refractivity contribution is 0.112. The van der Waals surface area contributed by atoms with Gasteiger partial charge in [-0.1, -0.05) is 30.3 Å². The van der Waals surface area contributed by atoms with Crippen LogP contribution in [-0.2, 0) is 0 Å². The zero-order valence-corrected chi connectivity index (χ0v) is 10.3. The standard InChI is InChI=1S/C15H14O3/c1-17-14-9-4-3-7-12(14)13-8-5-6-11(10-16)15(13)18-2/h3-10H,1-2H3. The fourth-order valence-electron chi connectivity index (χ4n) is 1.95. The van der Waals surface area contributed by atoms with E-state index in [4.69, 9.17) is 9.47 Å². The second kappa shape index (κ2) is 5.36. The molecule has 0 aliphatic heterocycles. The molecule has 18 heavy (non-hydrogen) atoms. The van der Waals surface area contributed by atoms with Gasteiger partial charge in [0.2, 0.25) is 0 Å². The molecule has 0 aliphatic rings. The number of aldehydes is 1. The van der Waals surface area contributed by atoms with Crippen molar-refractivity contribution in [2.45, 2.75) is 0 Å². The van der Waals surface area contributed by atoms with Crippen LogP contribution in [0.4, 0.5) is 0 Å². The molecule has 0 atom stereocenters. The fourth-order valence-corrected chi connectivity index (χ4v) is 1.95. The van der Waals surface area contributed by atoms with Crippen molar-refractivity contribution in [1.82, 2.24) is 0 Å². The number of ether oxygens (including phenoxy) is 2. The van der Waals surface area contributed by atoms with E-state index in [1.54, 1.807) is 20.3 Å². The molecule has 0 saturated carbocycles. The highest BCUT2D eigenvalue weighted by atomic mass is 16.5. The van der Waals surface area contributed by atoms with E-state index in [2.05, 4.69) is 0 Å². The summed E-state index contributed by atoms with van der Waals surface area (Å²) in [6.45, 7) is 0. The van der Waals surface area contributed by atoms with Crippen molar-refractivity contribution >= 4 is 6.29 Å². The van der Waals surface area contributed by atoms with Gasteiger partial charge in [0.15, 0.2) is 6.29 Å². The monoisotopic (exact) mass is 242 g/mol. The summed E-state index contributed by atoms with van der Waals surface area (Å²) in [6, 6.07) is 13.1. The van der Waals surface area contributed by atoms with Crippen molar-refractivity contribution < 1.29 is 14.3 Å². The predicted octanol–water partition coefficient (Wildman–Crippen LogP) is 3.18. The summed E-state index contributed by atoms with van der Waals surface area (Å²) < 4.78 is 10.7. The number of methoxy groups -OCH3 is 2. The fraction of sp³-hybridized carbons (Fsp3) is 0.133. The number of hydrogen-bond acceptors (Lipinski definition) is 3. The van der Waals surface area contributed by atoms with Crippen LogP contribution >= 0.6 is 0 Å². The van der Waals surface area contributed by atoms with Crippen LogP contribution in [-0.4, -0.2) is 20.5 Å². The van der Waals surface area contributed by atoms with E-state index < -0.39 is 0 Å². The Morgan fingerprint density at radius 1 is 0.889 bits per heavy atom. The number of carbonyl (C=O) groups is 1. The molecule has 3 nitrogen and oxygen atoms in total. The first-order valence-corrected chi connectivity index (χ1v) is 5.57. The Hall–Kier alpha value is -2.29. The number of para-hydroxylation sites is 2. The van der Waals surface area contributed by atoms with Crippen molar-refractivity contribution in [3.8, 4) is 22.6 Å². The highest BCUT2D eigenvalue weighted by molar-refractivity contribution is 5.87. The number of rotatable bonds is 4. The first kappa shape index (κ1) is 12.2. The Bertz CT molecular complexity index is 561. The van der Waals surface area contributed by atoms with E-state index in [1.165, 1.54) is 0 Å². The molecule has 0 N–H and O–H groups in total. The summed E-state index contributed by atoms with van der Waals surface area (Å²) in [5, 5.41) is 0. The van der Waals surface area contributed by atoms with Crippen molar-refractivity contribution in [1.29, 1.82) is 0 Å². The molecule has 0 heterocycles. The highest BCUT2D eigenvalue weighted by Gasteiger charge is 2.13. The Morgan fingerprint density at radius 3 is 2.28 bits per heavy atom. The summed E-state index contributed by atoms with van der Waals surface area (Å²) >= 11 is 0. The van der Waals surface area contributed by atoms with Crippen LogP contribution in [0.5, 0.6) is 11.5 Å². The third-order valence-electron chi connectivity index (χ3n) is 2.77. The SMILES string of the molecule is COc1ccccc1-c1cccc(C=O)c1OC. The second-order valence-electron chi connectivity index (χ2n) is 3.75. The maximum Gasteiger partial charge on any atom is 0.153 e. The van der Waals surface area contributed by atoms with Gasteiger partial charge in [0.1, 0.15) is 11.5 Å². The molecule has 0 amide bonds. The Morgan fingerprint density at radius 2 is 1.61 bits per heavy atom. The zero-order chi connectivity index (χ0) is 13.0. The molecule has 3 heteroatoms. The molecule has 2 aromatic carbocycles. The summed E-state index contributed by atoms with van der Waals surface area (Å²) in [5.41, 5.74) is 2.28. The van der Waals surface area contributed by atoms with Gasteiger partial charge in [-0.25, -0.2) is 0 Å². The Labute approximate surface area is 106 Å². The van der Waals surface area contributed by atoms with Crippen LogP contribution in [0.2, 0.25) is 0 Å². The van der Waals surface area contributed by atoms with E-state index in [0.29, 0.717) is 11.3 Å². The molecule has 2 aromatic rings. The summed E-state index contributed by atoms with van der Waals surface area (Å²) in [6.07, 6.45) is 0.789. The quantitative estimate of drug-likeness (QED) is 0.772. The molecule has 0 radical (unpaired) electrons. The van der Waals surface area contributed by atoms with Gasteiger partial charge in [-0.15, -0.1) is 0 Å². The minimum absolute atomic E-state index is 0.529. The lowest BCUT2D eigenvalue weighted by Crippen LogP contribution is -1.95. The molecule has 0 spiro atoms. The van der Waals surface area contributed by atoms with Gasteiger partial charge >= 0.3 is 0 Å². The van der Waals surface area contributed by atoms with Crippen molar-refractivity contribution in [2.75, 3.05) is 14.2 Å². The third-order valence-corrected chi connectivity index (χ3v) is 2.77. The largest absolute Gasteiger partial charge is 0.496 e. The Kier molecular flexibility index (Phi) is 3.63. The van der Waals surface area contributed by atoms with Gasteiger partial charge in [0.25, 0.3) is 0 Å². The van der Waals surface area contributed by atoms with Crippen LogP contribution < -0.4 is 9.47 Å². The number of hydrogen-bond donors (Lipinski definition) is 0. The smallest absolute Gasteiger partial charge is 0.153 e. The topological polar surface area (TPSA) is 35.5 Å². The first-order chi connectivity index (χ1) is 8.81. The average Bonchev–Trinajstić information content (AvgIpc) is 2.46. The predicted molar refractivity (Wildman–Crippen MR) is 70.4 cm³/mol. The van der Waals surface area contributed by atoms with Gasteiger partial charge in [-0.3, -0.25) is 4.79 Å². The van der Waals surface area contributed by atoms with Gasteiger partial charge in [-0.05, 0) is 12.1 Å². The highest BCUT2D eigenvalue weighted by Crippen LogP contribution is 2.37. The molecule has 0 aromatic heterocycles. The van der Waals surface area contributed by atoms with E-state index >= 15 is 0 Å². The Balaban J connectivity index is 2.67. The normalized spacial score (nSPS) is 9.89. The lowest BCUT2D eigenvalue weighted by Gasteiger charge is -2.13. The molecule has 0 saturated heterocycles. The molecular formula is C15H14O3. The van der Waals surface area contributed by atoms with Gasteiger partial charge < -0.3 is 9.47 Å². The van der Waals surface area contributed by atoms with E-state index in [1.807, 2.05) is 36.4 Å². The van der Waals surface area contributed by atoms with Crippen LogP contribution in [0, 0.1) is 0 Å². The van der Waals surface area contributed by atoms with E-state index in [0.717, 1.165) is 23.2 Å². The number of benzene rings is 2. The van der Waals surface area contributed by atoms with Crippen LogP contribution in [0.25, 0.3) is 11.1 Å². The first-order valence-electron chi connectivity index (χ1n) is 5.57. The van der Waals surface area contributed by atoms with Gasteiger partial charge in [-0.2, -0.15) is 0 Å². The maximum atomic E-state index is 11.0. The molecule has 2 rings (SSSR count). The summed E-state index contributed by atoms with van der Waals surface area (Å²) in [5.74, 6) is 1.32. The average molecular weight is 242 g/mol. The maximum absolute atomic E-state index is 11.0. The van der Waals surface area contributed by atoms with E-state index in [9.17, 15) is 4.79 Å².